The molecular formula is C13H28N4O2. The Morgan fingerprint density at radius 1 is 1.26 bits per heavy atom. The third-order valence-electron chi connectivity index (χ3n) is 2.63. The monoisotopic (exact) mass is 272 g/mol. The van der Waals surface area contributed by atoms with Crippen molar-refractivity contribution < 1.29 is 9.53 Å². The number of aliphatic imine (C=N–C) groups is 1. The van der Waals surface area contributed by atoms with Gasteiger partial charge < -0.3 is 20.7 Å². The van der Waals surface area contributed by atoms with Gasteiger partial charge in [-0.1, -0.05) is 6.92 Å². The van der Waals surface area contributed by atoms with Crippen molar-refractivity contribution >= 4 is 11.9 Å². The molecule has 3 N–H and O–H groups in total. The maximum atomic E-state index is 11.6. The van der Waals surface area contributed by atoms with Gasteiger partial charge in [0.05, 0.1) is 6.61 Å². The molecule has 0 radical (unpaired) electrons. The maximum absolute atomic E-state index is 11.6. The number of guanidine groups is 1. The van der Waals surface area contributed by atoms with Gasteiger partial charge in [0.25, 0.3) is 0 Å². The zero-order valence-electron chi connectivity index (χ0n) is 12.6. The Bertz CT molecular complexity index is 269. The van der Waals surface area contributed by atoms with Crippen LogP contribution >= 0.6 is 0 Å². The molecule has 0 bridgehead atoms. The van der Waals surface area contributed by atoms with Crippen molar-refractivity contribution in [1.82, 2.24) is 16.0 Å². The fourth-order valence-electron chi connectivity index (χ4n) is 1.35. The Morgan fingerprint density at radius 2 is 1.95 bits per heavy atom. The van der Waals surface area contributed by atoms with Crippen LogP contribution in [0.25, 0.3) is 0 Å². The number of hydrogen-bond acceptors (Lipinski definition) is 3. The van der Waals surface area contributed by atoms with Crippen LogP contribution in [0.2, 0.25) is 0 Å². The summed E-state index contributed by atoms with van der Waals surface area (Å²) in [4.78, 5) is 15.6. The lowest BCUT2D eigenvalue weighted by Gasteiger charge is -2.13. The zero-order chi connectivity index (χ0) is 14.5. The highest BCUT2D eigenvalue weighted by molar-refractivity contribution is 5.81. The van der Waals surface area contributed by atoms with Crippen LogP contribution in [0, 0.1) is 0 Å². The molecule has 112 valence electrons. The van der Waals surface area contributed by atoms with E-state index in [0.717, 1.165) is 6.42 Å². The highest BCUT2D eigenvalue weighted by atomic mass is 16.5. The second-order valence-electron chi connectivity index (χ2n) is 4.25. The molecule has 0 aliphatic heterocycles. The van der Waals surface area contributed by atoms with Gasteiger partial charge in [0.1, 0.15) is 0 Å². The second-order valence-corrected chi connectivity index (χ2v) is 4.25. The van der Waals surface area contributed by atoms with Crippen LogP contribution in [0.15, 0.2) is 4.99 Å². The van der Waals surface area contributed by atoms with Crippen molar-refractivity contribution in [3.8, 4) is 0 Å². The summed E-state index contributed by atoms with van der Waals surface area (Å²) < 4.78 is 5.22. The van der Waals surface area contributed by atoms with Crippen LogP contribution in [0.3, 0.4) is 0 Å². The molecule has 0 saturated heterocycles. The minimum Gasteiger partial charge on any atom is -0.380 e. The maximum Gasteiger partial charge on any atom is 0.221 e. The summed E-state index contributed by atoms with van der Waals surface area (Å²) in [5, 5.41) is 9.13. The van der Waals surface area contributed by atoms with E-state index >= 15 is 0 Å². The summed E-state index contributed by atoms with van der Waals surface area (Å²) in [5.74, 6) is 0.752. The van der Waals surface area contributed by atoms with E-state index in [4.69, 9.17) is 4.74 Å². The van der Waals surface area contributed by atoms with E-state index in [-0.39, 0.29) is 11.9 Å². The van der Waals surface area contributed by atoms with Gasteiger partial charge in [0.15, 0.2) is 5.96 Å². The van der Waals surface area contributed by atoms with Crippen LogP contribution in [-0.2, 0) is 9.53 Å². The fraction of sp³-hybridized carbons (Fsp3) is 0.846. The van der Waals surface area contributed by atoms with Gasteiger partial charge in [-0.3, -0.25) is 9.79 Å². The largest absolute Gasteiger partial charge is 0.380 e. The second kappa shape index (κ2) is 11.8. The number of amides is 1. The minimum absolute atomic E-state index is 0.0617. The van der Waals surface area contributed by atoms with Gasteiger partial charge in [-0.2, -0.15) is 0 Å². The highest BCUT2D eigenvalue weighted by Crippen LogP contribution is 1.89. The first-order chi connectivity index (χ1) is 9.13. The lowest BCUT2D eigenvalue weighted by atomic mass is 10.2. The van der Waals surface area contributed by atoms with Crippen molar-refractivity contribution in [1.29, 1.82) is 0 Å². The molecule has 6 heteroatoms. The first kappa shape index (κ1) is 17.7. The number of nitrogens with zero attached hydrogens (tertiary/aromatic N) is 1. The molecule has 0 saturated carbocycles. The molecule has 0 aromatic carbocycles. The number of nitrogens with one attached hydrogen (secondary N) is 3. The standard InChI is InChI=1S/C13H28N4O2/c1-5-11(3)17-12(18)7-8-15-13(14-4)16-9-10-19-6-2/h11H,5-10H2,1-4H3,(H,17,18)(H2,14,15,16). The summed E-state index contributed by atoms with van der Waals surface area (Å²) in [6.45, 7) is 8.63. The van der Waals surface area contributed by atoms with Gasteiger partial charge in [-0.25, -0.2) is 0 Å². The molecule has 0 heterocycles. The summed E-state index contributed by atoms with van der Waals surface area (Å²) in [6, 6.07) is 0.233. The molecule has 0 aliphatic carbocycles. The third-order valence-corrected chi connectivity index (χ3v) is 2.63. The van der Waals surface area contributed by atoms with E-state index in [2.05, 4.69) is 20.9 Å². The Balaban J connectivity index is 3.69. The SMILES string of the molecule is CCOCCNC(=NC)NCCC(=O)NC(C)CC. The quantitative estimate of drug-likeness (QED) is 0.324. The Kier molecular flexibility index (Phi) is 11.0. The van der Waals surface area contributed by atoms with Gasteiger partial charge in [-0.05, 0) is 20.3 Å². The molecule has 1 amide bonds. The van der Waals surface area contributed by atoms with E-state index in [1.807, 2.05) is 20.8 Å². The van der Waals surface area contributed by atoms with Gasteiger partial charge >= 0.3 is 0 Å². The molecule has 1 atom stereocenters. The smallest absolute Gasteiger partial charge is 0.221 e. The van der Waals surface area contributed by atoms with Gasteiger partial charge in [0.2, 0.25) is 5.91 Å². The van der Waals surface area contributed by atoms with Crippen LogP contribution in [0.4, 0.5) is 0 Å². The topological polar surface area (TPSA) is 74.8 Å². The van der Waals surface area contributed by atoms with E-state index in [9.17, 15) is 4.79 Å². The molecule has 19 heavy (non-hydrogen) atoms. The average molecular weight is 272 g/mol. The van der Waals surface area contributed by atoms with Crippen LogP contribution in [-0.4, -0.2) is 51.3 Å². The lowest BCUT2D eigenvalue weighted by Crippen LogP contribution is -2.41. The predicted octanol–water partition coefficient (Wildman–Crippen LogP) is 0.493. The summed E-state index contributed by atoms with van der Waals surface area (Å²) >= 11 is 0. The van der Waals surface area contributed by atoms with Crippen molar-refractivity contribution in [2.45, 2.75) is 39.7 Å². The Hall–Kier alpha value is -1.30. The van der Waals surface area contributed by atoms with E-state index in [1.165, 1.54) is 0 Å². The number of rotatable bonds is 9. The van der Waals surface area contributed by atoms with Crippen LogP contribution < -0.4 is 16.0 Å². The van der Waals surface area contributed by atoms with Gasteiger partial charge in [-0.15, -0.1) is 0 Å². The third kappa shape index (κ3) is 10.3. The summed E-state index contributed by atoms with van der Waals surface area (Å²) in [6.07, 6.45) is 1.39. The summed E-state index contributed by atoms with van der Waals surface area (Å²) in [7, 11) is 1.70. The Labute approximate surface area is 116 Å². The summed E-state index contributed by atoms with van der Waals surface area (Å²) in [5.41, 5.74) is 0. The van der Waals surface area contributed by atoms with E-state index in [1.54, 1.807) is 7.05 Å². The van der Waals surface area contributed by atoms with Crippen molar-refractivity contribution in [3.05, 3.63) is 0 Å². The normalized spacial score (nSPS) is 12.9. The molecule has 0 aliphatic rings. The van der Waals surface area contributed by atoms with Crippen LogP contribution in [0.1, 0.15) is 33.6 Å². The van der Waals surface area contributed by atoms with E-state index < -0.39 is 0 Å². The lowest BCUT2D eigenvalue weighted by molar-refractivity contribution is -0.121. The molecule has 1 unspecified atom stereocenters. The molecule has 0 fully saturated rings. The Morgan fingerprint density at radius 3 is 2.53 bits per heavy atom. The van der Waals surface area contributed by atoms with Crippen LogP contribution in [0.5, 0.6) is 0 Å². The molecular weight excluding hydrogens is 244 g/mol. The number of hydrogen-bond donors (Lipinski definition) is 3. The predicted molar refractivity (Wildman–Crippen MR) is 78.4 cm³/mol. The van der Waals surface area contributed by atoms with Crippen molar-refractivity contribution in [2.75, 3.05) is 33.4 Å². The first-order valence-corrected chi connectivity index (χ1v) is 6.95. The average Bonchev–Trinajstić information content (AvgIpc) is 2.41. The molecule has 0 aromatic rings. The minimum atomic E-state index is 0.0617. The highest BCUT2D eigenvalue weighted by Gasteiger charge is 2.05. The van der Waals surface area contributed by atoms with E-state index in [0.29, 0.717) is 38.7 Å². The molecule has 6 nitrogen and oxygen atoms in total. The molecule has 0 aromatic heterocycles. The molecule has 0 rings (SSSR count). The number of carbonyl (C=O) groups is 1. The number of ether oxygens (including phenoxy) is 1. The van der Waals surface area contributed by atoms with Gasteiger partial charge in [0, 0.05) is 39.2 Å². The zero-order valence-corrected chi connectivity index (χ0v) is 12.6. The van der Waals surface area contributed by atoms with Crippen molar-refractivity contribution in [2.24, 2.45) is 4.99 Å². The number of carbonyl (C=O) groups excluding carboxylic acids is 1. The molecule has 0 spiro atoms. The van der Waals surface area contributed by atoms with Crippen molar-refractivity contribution in [3.63, 3.8) is 0 Å². The first-order valence-electron chi connectivity index (χ1n) is 6.95. The fourth-order valence-corrected chi connectivity index (χ4v) is 1.35.